The number of fused-ring (bicyclic) bond motifs is 2. The first-order valence-corrected chi connectivity index (χ1v) is 13.6. The van der Waals surface area contributed by atoms with E-state index in [0.717, 1.165) is 68.5 Å². The van der Waals surface area contributed by atoms with Crippen molar-refractivity contribution < 1.29 is 4.79 Å². The second-order valence-corrected chi connectivity index (χ2v) is 11.5. The molecule has 190 valence electrons. The molecule has 4 fully saturated rings. The lowest BCUT2D eigenvalue weighted by Crippen LogP contribution is -2.61. The van der Waals surface area contributed by atoms with Gasteiger partial charge in [-0.1, -0.05) is 0 Å². The fraction of sp³-hybridized carbons (Fsp3) is 0.731. The van der Waals surface area contributed by atoms with Gasteiger partial charge in [0.05, 0.1) is 29.5 Å². The lowest BCUT2D eigenvalue weighted by molar-refractivity contribution is -0.141. The molecule has 5 unspecified atom stereocenters. The summed E-state index contributed by atoms with van der Waals surface area (Å²) < 4.78 is 1.91. The van der Waals surface area contributed by atoms with Crippen LogP contribution in [0.4, 0.5) is 0 Å². The van der Waals surface area contributed by atoms with Crippen LogP contribution in [-0.4, -0.2) is 67.8 Å². The van der Waals surface area contributed by atoms with E-state index in [-0.39, 0.29) is 30.1 Å². The van der Waals surface area contributed by atoms with Gasteiger partial charge in [0.15, 0.2) is 5.65 Å². The molecule has 0 radical (unpaired) electrons. The number of nitrogens with two attached hydrogens (primary N) is 1. The van der Waals surface area contributed by atoms with Gasteiger partial charge in [0.25, 0.3) is 0 Å². The van der Waals surface area contributed by atoms with Gasteiger partial charge in [-0.25, -0.2) is 14.5 Å². The second kappa shape index (κ2) is 9.10. The largest absolute Gasteiger partial charge is 0.334 e. The Morgan fingerprint density at radius 1 is 1.17 bits per heavy atom. The molecule has 2 aromatic rings. The standard InChI is InChI=1S/C26H40N8O/c1-15-14-33-23(30-24(15)18-7-8-19(27)11-18)12-21(31-33)22-6-4-5-9-32(22)26(35)20-13-28-34-17(3)10-16(2)29-25(20)34/h12,14,16-20,22,25,28-29H,4-11,13,27H2,1-3H3/t16?,17?,18?,19-,20?,22-,25?/m0/s1. The first kappa shape index (κ1) is 23.3. The molecule has 1 aliphatic carbocycles. The Labute approximate surface area is 207 Å². The third-order valence-corrected chi connectivity index (χ3v) is 8.79. The molecule has 1 amide bonds. The van der Waals surface area contributed by atoms with E-state index in [1.54, 1.807) is 0 Å². The quantitative estimate of drug-likeness (QED) is 0.619. The predicted octanol–water partition coefficient (Wildman–Crippen LogP) is 2.22. The fourth-order valence-corrected chi connectivity index (χ4v) is 7.04. The van der Waals surface area contributed by atoms with E-state index in [4.69, 9.17) is 15.8 Å². The van der Waals surface area contributed by atoms with Crippen LogP contribution in [0.3, 0.4) is 0 Å². The summed E-state index contributed by atoms with van der Waals surface area (Å²) in [6.45, 7) is 8.07. The molecule has 0 bridgehead atoms. The number of rotatable bonds is 3. The Bertz CT molecular complexity index is 1100. The minimum absolute atomic E-state index is 0.00842. The zero-order chi connectivity index (χ0) is 24.3. The van der Waals surface area contributed by atoms with E-state index in [1.165, 1.54) is 5.56 Å². The summed E-state index contributed by atoms with van der Waals surface area (Å²) in [5.41, 5.74) is 13.9. The van der Waals surface area contributed by atoms with E-state index < -0.39 is 0 Å². The van der Waals surface area contributed by atoms with Gasteiger partial charge in [0, 0.05) is 49.4 Å². The molecule has 3 aliphatic heterocycles. The average Bonchev–Trinajstić information content (AvgIpc) is 3.56. The molecule has 4 N–H and O–H groups in total. The van der Waals surface area contributed by atoms with Crippen LogP contribution in [-0.2, 0) is 4.79 Å². The molecule has 35 heavy (non-hydrogen) atoms. The predicted molar refractivity (Wildman–Crippen MR) is 134 cm³/mol. The van der Waals surface area contributed by atoms with Gasteiger partial charge >= 0.3 is 0 Å². The molecular formula is C26H40N8O. The van der Waals surface area contributed by atoms with Crippen LogP contribution in [0.1, 0.15) is 87.7 Å². The Hall–Kier alpha value is -2.07. The van der Waals surface area contributed by atoms with E-state index >= 15 is 0 Å². The smallest absolute Gasteiger partial charge is 0.230 e. The Morgan fingerprint density at radius 3 is 2.83 bits per heavy atom. The molecule has 6 rings (SSSR count). The molecule has 0 aromatic carbocycles. The Balaban J connectivity index is 1.26. The number of piperidine rings is 1. The molecule has 9 nitrogen and oxygen atoms in total. The maximum atomic E-state index is 13.9. The number of carbonyl (C=O) groups is 1. The minimum atomic E-state index is -0.0867. The number of amides is 1. The van der Waals surface area contributed by atoms with Crippen LogP contribution in [0.2, 0.25) is 0 Å². The van der Waals surface area contributed by atoms with Crippen LogP contribution in [0, 0.1) is 12.8 Å². The van der Waals surface area contributed by atoms with Crippen molar-refractivity contribution in [2.24, 2.45) is 11.7 Å². The number of carbonyl (C=O) groups excluding carboxylic acids is 1. The lowest BCUT2D eigenvalue weighted by atomic mass is 9.94. The second-order valence-electron chi connectivity index (χ2n) is 11.5. The number of hydrogen-bond acceptors (Lipinski definition) is 7. The fourth-order valence-electron chi connectivity index (χ4n) is 7.04. The van der Waals surface area contributed by atoms with Crippen molar-refractivity contribution in [1.29, 1.82) is 0 Å². The summed E-state index contributed by atoms with van der Waals surface area (Å²) in [7, 11) is 0. The third-order valence-electron chi connectivity index (χ3n) is 8.79. The van der Waals surface area contributed by atoms with Crippen LogP contribution in [0.5, 0.6) is 0 Å². The number of hydrogen-bond donors (Lipinski definition) is 3. The van der Waals surface area contributed by atoms with Crippen molar-refractivity contribution in [3.8, 4) is 0 Å². The van der Waals surface area contributed by atoms with Gasteiger partial charge in [-0.05, 0) is 71.3 Å². The molecule has 3 saturated heterocycles. The highest BCUT2D eigenvalue weighted by atomic mass is 16.2. The zero-order valence-electron chi connectivity index (χ0n) is 21.3. The van der Waals surface area contributed by atoms with E-state index in [2.05, 4.69) is 53.7 Å². The van der Waals surface area contributed by atoms with Crippen molar-refractivity contribution in [2.75, 3.05) is 13.1 Å². The maximum Gasteiger partial charge on any atom is 0.230 e. The topological polar surface area (TPSA) is 104 Å². The first-order valence-electron chi connectivity index (χ1n) is 13.6. The molecule has 1 saturated carbocycles. The number of nitrogens with zero attached hydrogens (tertiary/aromatic N) is 5. The SMILES string of the molecule is Cc1cn2nc([C@@H]3CCCCN3C(=O)C3CNN4C(C)CC(C)NC34)cc2nc1C1CC[C@H](N)C1. The average molecular weight is 481 g/mol. The summed E-state index contributed by atoms with van der Waals surface area (Å²) in [6.07, 6.45) is 9.54. The molecular weight excluding hydrogens is 440 g/mol. The van der Waals surface area contributed by atoms with Crippen LogP contribution >= 0.6 is 0 Å². The molecule has 4 aliphatic rings. The van der Waals surface area contributed by atoms with E-state index in [9.17, 15) is 4.79 Å². The van der Waals surface area contributed by atoms with Crippen molar-refractivity contribution >= 4 is 11.6 Å². The van der Waals surface area contributed by atoms with Gasteiger partial charge in [-0.3, -0.25) is 15.5 Å². The van der Waals surface area contributed by atoms with Crippen molar-refractivity contribution in [3.63, 3.8) is 0 Å². The summed E-state index contributed by atoms with van der Waals surface area (Å²) >= 11 is 0. The van der Waals surface area contributed by atoms with Crippen LogP contribution < -0.4 is 16.5 Å². The highest BCUT2D eigenvalue weighted by Gasteiger charge is 2.46. The highest BCUT2D eigenvalue weighted by Crippen LogP contribution is 2.36. The number of likely N-dealkylation sites (tertiary alicyclic amines) is 1. The number of hydrazine groups is 1. The summed E-state index contributed by atoms with van der Waals surface area (Å²) in [4.78, 5) is 21.1. The van der Waals surface area contributed by atoms with Gasteiger partial charge in [-0.2, -0.15) is 5.10 Å². The Morgan fingerprint density at radius 2 is 2.03 bits per heavy atom. The van der Waals surface area contributed by atoms with E-state index in [1.807, 2.05) is 4.52 Å². The lowest BCUT2D eigenvalue weighted by Gasteiger charge is -2.42. The van der Waals surface area contributed by atoms with Gasteiger partial charge < -0.3 is 10.6 Å². The monoisotopic (exact) mass is 480 g/mol. The van der Waals surface area contributed by atoms with Crippen molar-refractivity contribution in [1.82, 2.24) is 35.2 Å². The Kier molecular flexibility index (Phi) is 6.07. The highest BCUT2D eigenvalue weighted by molar-refractivity contribution is 5.80. The van der Waals surface area contributed by atoms with Gasteiger partial charge in [0.2, 0.25) is 5.91 Å². The number of aromatic nitrogens is 3. The molecule has 0 spiro atoms. The summed E-state index contributed by atoms with van der Waals surface area (Å²) in [5.74, 6) is 0.591. The molecule has 9 heteroatoms. The number of nitrogens with one attached hydrogen (secondary N) is 2. The molecule has 5 heterocycles. The zero-order valence-corrected chi connectivity index (χ0v) is 21.3. The number of aryl methyl sites for hydroxylation is 1. The molecule has 2 aromatic heterocycles. The first-order chi connectivity index (χ1) is 16.9. The van der Waals surface area contributed by atoms with Gasteiger partial charge in [0.1, 0.15) is 0 Å². The van der Waals surface area contributed by atoms with Crippen molar-refractivity contribution in [2.45, 2.75) is 102 Å². The van der Waals surface area contributed by atoms with Crippen molar-refractivity contribution in [3.05, 3.63) is 29.2 Å². The third kappa shape index (κ3) is 4.16. The molecule has 7 atom stereocenters. The minimum Gasteiger partial charge on any atom is -0.334 e. The summed E-state index contributed by atoms with van der Waals surface area (Å²) in [6, 6.07) is 3.23. The maximum absolute atomic E-state index is 13.9. The van der Waals surface area contributed by atoms with Crippen LogP contribution in [0.25, 0.3) is 5.65 Å². The van der Waals surface area contributed by atoms with E-state index in [0.29, 0.717) is 24.5 Å². The normalized spacial score (nSPS) is 36.1. The van der Waals surface area contributed by atoms with Gasteiger partial charge in [-0.15, -0.1) is 0 Å². The van der Waals surface area contributed by atoms with Crippen LogP contribution in [0.15, 0.2) is 12.3 Å². The summed E-state index contributed by atoms with van der Waals surface area (Å²) in [5, 5.41) is 10.9.